The predicted molar refractivity (Wildman–Crippen MR) is 186 cm³/mol. The first-order valence-electron chi connectivity index (χ1n) is 14.4. The van der Waals surface area contributed by atoms with Crippen LogP contribution in [0.1, 0.15) is 0 Å². The second-order valence-corrected chi connectivity index (χ2v) is 15.1. The third-order valence-corrected chi connectivity index (χ3v) is 13.8. The Hall–Kier alpha value is -2.12. The van der Waals surface area contributed by atoms with Crippen molar-refractivity contribution in [3.63, 3.8) is 0 Å². The molecule has 0 fully saturated rings. The number of benzene rings is 6. The molecule has 0 N–H and O–H groups in total. The summed E-state index contributed by atoms with van der Waals surface area (Å²) in [5.74, 6) is 0. The summed E-state index contributed by atoms with van der Waals surface area (Å²) in [6, 6.07) is 69.9. The quantitative estimate of drug-likeness (QED) is 0.166. The second kappa shape index (κ2) is 15.6. The second-order valence-electron chi connectivity index (χ2n) is 10.6. The molecule has 4 heteroatoms. The van der Waals surface area contributed by atoms with E-state index in [-0.39, 0.29) is 51.4 Å². The molecule has 200 valence electrons. The van der Waals surface area contributed by atoms with E-state index in [0.29, 0.717) is 0 Å². The van der Waals surface area contributed by atoms with Crippen molar-refractivity contribution < 1.29 is 51.4 Å². The molecule has 0 aromatic heterocycles. The van der Waals surface area contributed by atoms with E-state index >= 15 is 0 Å². The normalized spacial score (nSPS) is 11.3. The van der Waals surface area contributed by atoms with Crippen molar-refractivity contribution in [2.45, 2.75) is 0 Å². The zero-order valence-corrected chi connectivity index (χ0v) is 29.1. The van der Waals surface area contributed by atoms with Crippen LogP contribution >= 0.6 is 15.8 Å². The fraction of sp³-hybridized carbons (Fsp3) is 0.0526. The van der Waals surface area contributed by atoms with Crippen molar-refractivity contribution in [1.29, 1.82) is 0 Å². The van der Waals surface area contributed by atoms with Crippen LogP contribution in [-0.2, 0) is 0 Å². The average Bonchev–Trinajstić information content (AvgIpc) is 3.07. The Morgan fingerprint density at radius 3 is 0.762 bits per heavy atom. The maximum Gasteiger partial charge on any atom is 1.00 e. The monoisotopic (exact) mass is 602 g/mol. The summed E-state index contributed by atoms with van der Waals surface area (Å²) < 4.78 is 0. The predicted octanol–water partition coefficient (Wildman–Crippen LogP) is 3.60. The summed E-state index contributed by atoms with van der Waals surface area (Å²) in [6.07, 6.45) is -1.16. The molecule has 0 amide bonds. The largest absolute Gasteiger partial charge is 1.00 e. The third kappa shape index (κ3) is 7.32. The van der Waals surface area contributed by atoms with Crippen LogP contribution in [0.2, 0.25) is 0 Å². The van der Waals surface area contributed by atoms with Gasteiger partial charge in [0.15, 0.2) is 0 Å². The van der Waals surface area contributed by atoms with Crippen molar-refractivity contribution >= 4 is 54.1 Å². The molecule has 0 nitrogen and oxygen atoms in total. The third-order valence-electron chi connectivity index (χ3n) is 8.14. The standard InChI is InChI=1S/C38H34BP2.K/c1-7-19-33(20-8-1)39(34-21-9-2-10-22-34,31-40(35-23-11-3-12-24-35)36-25-13-4-14-26-36)32-41(37-27-15-5-16-28-37)38-29-17-6-18-30-38;/h1-30H,31-32H2;/q-1;+1. The van der Waals surface area contributed by atoms with Crippen LogP contribution in [0.3, 0.4) is 0 Å². The van der Waals surface area contributed by atoms with Gasteiger partial charge in [-0.1, -0.05) is 198 Å². The zero-order valence-electron chi connectivity index (χ0n) is 24.2. The van der Waals surface area contributed by atoms with Gasteiger partial charge in [-0.3, -0.25) is 0 Å². The SMILES string of the molecule is [K+].c1ccc(P(C[B-](CP(c2ccccc2)c2ccccc2)(c2ccccc2)c2ccccc2)c2ccccc2)cc1. The van der Waals surface area contributed by atoms with Crippen LogP contribution in [0.15, 0.2) is 182 Å². The first-order chi connectivity index (χ1) is 20.3. The Bertz CT molecular complexity index is 1410. The number of hydrogen-bond acceptors (Lipinski definition) is 0. The molecule has 0 radical (unpaired) electrons. The Morgan fingerprint density at radius 2 is 0.524 bits per heavy atom. The van der Waals surface area contributed by atoms with Crippen LogP contribution in [0.5, 0.6) is 0 Å². The molecule has 0 unspecified atom stereocenters. The molecule has 6 aromatic carbocycles. The molecule has 0 atom stereocenters. The summed E-state index contributed by atoms with van der Waals surface area (Å²) in [4.78, 5) is 0. The van der Waals surface area contributed by atoms with Gasteiger partial charge in [0, 0.05) is 0 Å². The van der Waals surface area contributed by atoms with Crippen molar-refractivity contribution in [2.24, 2.45) is 0 Å². The molecule has 0 aliphatic carbocycles. The molecule has 6 aromatic rings. The van der Waals surface area contributed by atoms with Gasteiger partial charge in [0.1, 0.15) is 0 Å². The molecule has 0 bridgehead atoms. The Balaban J connectivity index is 0.00000353. The minimum absolute atomic E-state index is 0. The first-order valence-corrected chi connectivity index (χ1v) is 17.4. The minimum Gasteiger partial charge on any atom is -0.204 e. The van der Waals surface area contributed by atoms with Crippen LogP contribution in [0, 0.1) is 0 Å². The first kappa shape index (κ1) is 31.3. The van der Waals surface area contributed by atoms with Gasteiger partial charge < -0.3 is 0 Å². The van der Waals surface area contributed by atoms with Gasteiger partial charge in [-0.15, -0.1) is 12.1 Å². The van der Waals surface area contributed by atoms with E-state index in [2.05, 4.69) is 182 Å². The van der Waals surface area contributed by atoms with E-state index in [0.717, 1.165) is 12.1 Å². The van der Waals surface area contributed by atoms with Crippen molar-refractivity contribution in [1.82, 2.24) is 0 Å². The van der Waals surface area contributed by atoms with Crippen molar-refractivity contribution in [3.8, 4) is 0 Å². The maximum absolute atomic E-state index is 2.39. The summed E-state index contributed by atoms with van der Waals surface area (Å²) in [5.41, 5.74) is 2.91. The van der Waals surface area contributed by atoms with Gasteiger partial charge in [-0.25, -0.2) is 10.9 Å². The van der Waals surface area contributed by atoms with E-state index in [1.165, 1.54) is 32.1 Å². The van der Waals surface area contributed by atoms with E-state index in [1.807, 2.05) is 0 Å². The fourth-order valence-electron chi connectivity index (χ4n) is 6.09. The maximum atomic E-state index is 2.39. The summed E-state index contributed by atoms with van der Waals surface area (Å²) in [6.45, 7) is 0. The van der Waals surface area contributed by atoms with E-state index < -0.39 is 22.0 Å². The van der Waals surface area contributed by atoms with E-state index in [4.69, 9.17) is 0 Å². The molecule has 0 aliphatic rings. The molecule has 0 saturated heterocycles. The van der Waals surface area contributed by atoms with Crippen LogP contribution in [0.4, 0.5) is 0 Å². The van der Waals surface area contributed by atoms with Crippen molar-refractivity contribution in [2.75, 3.05) is 12.1 Å². The molecule has 0 aliphatic heterocycles. The van der Waals surface area contributed by atoms with Gasteiger partial charge in [0.25, 0.3) is 0 Å². The zero-order chi connectivity index (χ0) is 27.7. The average molecular weight is 603 g/mol. The topological polar surface area (TPSA) is 0 Å². The molecular formula is C38H34BKP2. The Labute approximate surface area is 296 Å². The summed E-state index contributed by atoms with van der Waals surface area (Å²) >= 11 is 0. The van der Waals surface area contributed by atoms with E-state index in [9.17, 15) is 0 Å². The van der Waals surface area contributed by atoms with Gasteiger partial charge in [-0.05, 0) is 21.2 Å². The molecule has 0 saturated carbocycles. The van der Waals surface area contributed by atoms with Crippen LogP contribution in [-0.4, -0.2) is 18.3 Å². The molecule has 0 spiro atoms. The molecule has 42 heavy (non-hydrogen) atoms. The fourth-order valence-corrected chi connectivity index (χ4v) is 12.2. The molecule has 6 rings (SSSR count). The van der Waals surface area contributed by atoms with Crippen molar-refractivity contribution in [3.05, 3.63) is 182 Å². The number of rotatable bonds is 10. The number of hydrogen-bond donors (Lipinski definition) is 0. The summed E-state index contributed by atoms with van der Waals surface area (Å²) in [5, 5.41) is 5.76. The summed E-state index contributed by atoms with van der Waals surface area (Å²) in [7, 11) is -1.23. The Morgan fingerprint density at radius 1 is 0.310 bits per heavy atom. The smallest absolute Gasteiger partial charge is 0.204 e. The molecule has 0 heterocycles. The minimum atomic E-state index is -1.16. The van der Waals surface area contributed by atoms with Gasteiger partial charge in [0.2, 0.25) is 0 Å². The molecular weight excluding hydrogens is 568 g/mol. The van der Waals surface area contributed by atoms with Crippen LogP contribution < -0.4 is 83.5 Å². The van der Waals surface area contributed by atoms with E-state index in [1.54, 1.807) is 0 Å². The van der Waals surface area contributed by atoms with Crippen LogP contribution in [0.25, 0.3) is 0 Å². The van der Waals surface area contributed by atoms with Gasteiger partial charge in [-0.2, -0.15) is 0 Å². The Kier molecular flexibility index (Phi) is 11.6. The van der Waals surface area contributed by atoms with Gasteiger partial charge in [0.05, 0.1) is 6.15 Å². The van der Waals surface area contributed by atoms with Gasteiger partial charge >= 0.3 is 51.4 Å².